The molecule has 3 fully saturated rings. The Kier molecular flexibility index (Phi) is 5.74. The monoisotopic (exact) mass is 485 g/mol. The predicted molar refractivity (Wildman–Crippen MR) is 138 cm³/mol. The zero-order valence-electron chi connectivity index (χ0n) is 19.9. The summed E-state index contributed by atoms with van der Waals surface area (Å²) in [6.07, 6.45) is 3.84. The Bertz CT molecular complexity index is 1320. The first kappa shape index (κ1) is 22.2. The molecule has 3 aliphatic rings. The summed E-state index contributed by atoms with van der Waals surface area (Å²) < 4.78 is 0. The van der Waals surface area contributed by atoms with Gasteiger partial charge in [-0.05, 0) is 62.2 Å². The van der Waals surface area contributed by atoms with Crippen LogP contribution in [0.25, 0.3) is 11.4 Å². The zero-order chi connectivity index (χ0) is 23.9. The number of nitrogens with one attached hydrogen (secondary N) is 1. The summed E-state index contributed by atoms with van der Waals surface area (Å²) in [6.45, 7) is 7.00. The van der Waals surface area contributed by atoms with Gasteiger partial charge in [0.15, 0.2) is 5.82 Å². The standard InChI is InChI=1S/C27H28ClN7/c1-17-9-22(11-23-10-18(2)32-33-23)31-27(30-17)20-5-8-26(29-13-20)34-15-24-12-25(16-34)35(24)14-19-3-6-21(28)7-4-19/h3-10,13,24-25H,11-12,14-16H2,1-2H3,(H,32,33). The van der Waals surface area contributed by atoms with Crippen molar-refractivity contribution in [2.75, 3.05) is 18.0 Å². The molecule has 2 bridgehead atoms. The van der Waals surface area contributed by atoms with Crippen molar-refractivity contribution in [2.45, 2.75) is 45.3 Å². The molecule has 1 N–H and O–H groups in total. The first-order valence-corrected chi connectivity index (χ1v) is 12.4. The van der Waals surface area contributed by atoms with Crippen LogP contribution in [-0.2, 0) is 13.0 Å². The number of hydrogen-bond acceptors (Lipinski definition) is 6. The van der Waals surface area contributed by atoms with Gasteiger partial charge in [-0.15, -0.1) is 0 Å². The maximum Gasteiger partial charge on any atom is 0.161 e. The van der Waals surface area contributed by atoms with Gasteiger partial charge < -0.3 is 4.90 Å². The van der Waals surface area contributed by atoms with E-state index in [0.717, 1.165) is 58.8 Å². The number of hydrogen-bond donors (Lipinski definition) is 1. The predicted octanol–water partition coefficient (Wildman–Crippen LogP) is 4.59. The van der Waals surface area contributed by atoms with E-state index in [0.29, 0.717) is 24.3 Å². The number of pyridine rings is 1. The van der Waals surface area contributed by atoms with E-state index in [9.17, 15) is 0 Å². The number of piperidine rings is 1. The number of H-pyrrole nitrogens is 1. The van der Waals surface area contributed by atoms with Crippen molar-refractivity contribution in [3.05, 3.63) is 88.1 Å². The van der Waals surface area contributed by atoms with E-state index in [4.69, 9.17) is 21.6 Å². The molecular formula is C27H28ClN7. The van der Waals surface area contributed by atoms with Gasteiger partial charge in [-0.3, -0.25) is 10.00 Å². The SMILES string of the molecule is Cc1cc(Cc2cc(C)[nH]n2)nc(-c2ccc(N3CC4CC(C3)N4Cc3ccc(Cl)cc3)nc2)n1. The van der Waals surface area contributed by atoms with Crippen LogP contribution in [0.5, 0.6) is 0 Å². The molecule has 3 saturated heterocycles. The van der Waals surface area contributed by atoms with Crippen molar-refractivity contribution >= 4 is 17.4 Å². The van der Waals surface area contributed by atoms with Crippen LogP contribution in [-0.4, -0.2) is 55.2 Å². The Morgan fingerprint density at radius 1 is 0.971 bits per heavy atom. The summed E-state index contributed by atoms with van der Waals surface area (Å²) in [6, 6.07) is 17.6. The van der Waals surface area contributed by atoms with Crippen LogP contribution >= 0.6 is 11.6 Å². The number of rotatable bonds is 6. The molecule has 3 aromatic heterocycles. The maximum atomic E-state index is 6.04. The second-order valence-electron chi connectivity index (χ2n) is 9.70. The van der Waals surface area contributed by atoms with Gasteiger partial charge in [0.05, 0.1) is 11.4 Å². The molecule has 0 spiro atoms. The minimum atomic E-state index is 0.569. The van der Waals surface area contributed by atoms with Gasteiger partial charge in [0.2, 0.25) is 0 Å². The lowest BCUT2D eigenvalue weighted by molar-refractivity contribution is -0.00867. The lowest BCUT2D eigenvalue weighted by Crippen LogP contribution is -2.68. The second kappa shape index (κ2) is 9.06. The molecule has 35 heavy (non-hydrogen) atoms. The Balaban J connectivity index is 1.13. The van der Waals surface area contributed by atoms with Crippen LogP contribution in [0.4, 0.5) is 5.82 Å². The minimum Gasteiger partial charge on any atom is -0.353 e. The summed E-state index contributed by atoms with van der Waals surface area (Å²) in [7, 11) is 0. The molecule has 3 aliphatic heterocycles. The lowest BCUT2D eigenvalue weighted by atomic mass is 9.86. The molecule has 2 unspecified atom stereocenters. The number of benzene rings is 1. The molecule has 0 saturated carbocycles. The van der Waals surface area contributed by atoms with Gasteiger partial charge in [0.25, 0.3) is 0 Å². The number of anilines is 1. The first-order chi connectivity index (χ1) is 17.0. The van der Waals surface area contributed by atoms with Crippen molar-refractivity contribution in [3.63, 3.8) is 0 Å². The molecule has 7 nitrogen and oxygen atoms in total. The number of aromatic amines is 1. The number of halogens is 1. The molecule has 178 valence electrons. The Hall–Kier alpha value is -3.29. The summed E-state index contributed by atoms with van der Waals surface area (Å²) in [5.74, 6) is 1.73. The summed E-state index contributed by atoms with van der Waals surface area (Å²) in [5.41, 5.74) is 6.18. The largest absolute Gasteiger partial charge is 0.353 e. The van der Waals surface area contributed by atoms with Gasteiger partial charge in [0.1, 0.15) is 5.82 Å². The fraction of sp³-hybridized carbons (Fsp3) is 0.333. The molecule has 4 aromatic rings. The summed E-state index contributed by atoms with van der Waals surface area (Å²) in [4.78, 5) is 19.3. The average molecular weight is 486 g/mol. The molecular weight excluding hydrogens is 458 g/mol. The van der Waals surface area contributed by atoms with E-state index in [1.807, 2.05) is 44.3 Å². The molecule has 1 aromatic carbocycles. The van der Waals surface area contributed by atoms with Crippen molar-refractivity contribution in [1.29, 1.82) is 0 Å². The highest BCUT2D eigenvalue weighted by Gasteiger charge is 2.44. The van der Waals surface area contributed by atoms with Crippen molar-refractivity contribution in [3.8, 4) is 11.4 Å². The third-order valence-corrected chi connectivity index (χ3v) is 7.23. The molecule has 0 amide bonds. The van der Waals surface area contributed by atoms with Crippen LogP contribution in [0.15, 0.2) is 54.7 Å². The van der Waals surface area contributed by atoms with E-state index in [2.05, 4.69) is 49.2 Å². The van der Waals surface area contributed by atoms with E-state index >= 15 is 0 Å². The average Bonchev–Trinajstić information content (AvgIpc) is 3.27. The van der Waals surface area contributed by atoms with Crippen molar-refractivity contribution in [1.82, 2.24) is 30.0 Å². The Morgan fingerprint density at radius 3 is 2.46 bits per heavy atom. The summed E-state index contributed by atoms with van der Waals surface area (Å²) in [5, 5.41) is 8.12. The smallest absolute Gasteiger partial charge is 0.161 e. The van der Waals surface area contributed by atoms with Gasteiger partial charge >= 0.3 is 0 Å². The molecule has 6 heterocycles. The van der Waals surface area contributed by atoms with E-state index in [-0.39, 0.29) is 0 Å². The van der Waals surface area contributed by atoms with E-state index in [1.54, 1.807) is 0 Å². The van der Waals surface area contributed by atoms with Gasteiger partial charge in [-0.1, -0.05) is 23.7 Å². The quantitative estimate of drug-likeness (QED) is 0.430. The molecule has 7 rings (SSSR count). The molecule has 0 radical (unpaired) electrons. The van der Waals surface area contributed by atoms with Crippen LogP contribution in [0.1, 0.15) is 34.8 Å². The van der Waals surface area contributed by atoms with E-state index < -0.39 is 0 Å². The zero-order valence-corrected chi connectivity index (χ0v) is 20.7. The van der Waals surface area contributed by atoms with Crippen LogP contribution in [0, 0.1) is 13.8 Å². The van der Waals surface area contributed by atoms with Crippen LogP contribution in [0.2, 0.25) is 5.02 Å². The molecule has 0 aliphatic carbocycles. The Morgan fingerprint density at radius 2 is 1.77 bits per heavy atom. The van der Waals surface area contributed by atoms with Crippen molar-refractivity contribution < 1.29 is 0 Å². The van der Waals surface area contributed by atoms with Gasteiger partial charge in [-0.2, -0.15) is 5.10 Å². The Labute approximate surface area is 210 Å². The minimum absolute atomic E-state index is 0.569. The number of aromatic nitrogens is 5. The normalized spacial score (nSPS) is 19.6. The number of piperazine rings is 1. The highest BCUT2D eigenvalue weighted by Crippen LogP contribution is 2.35. The van der Waals surface area contributed by atoms with Crippen molar-refractivity contribution in [2.24, 2.45) is 0 Å². The molecule has 8 heteroatoms. The highest BCUT2D eigenvalue weighted by molar-refractivity contribution is 6.30. The second-order valence-corrected chi connectivity index (χ2v) is 10.1. The highest BCUT2D eigenvalue weighted by atomic mass is 35.5. The maximum absolute atomic E-state index is 6.04. The van der Waals surface area contributed by atoms with Crippen LogP contribution < -0.4 is 4.90 Å². The van der Waals surface area contributed by atoms with Crippen LogP contribution in [0.3, 0.4) is 0 Å². The third-order valence-electron chi connectivity index (χ3n) is 6.98. The molecule has 2 atom stereocenters. The number of fused-ring (bicyclic) bond motifs is 2. The van der Waals surface area contributed by atoms with E-state index in [1.165, 1.54) is 12.0 Å². The number of nitrogens with zero attached hydrogens (tertiary/aromatic N) is 6. The fourth-order valence-corrected chi connectivity index (χ4v) is 5.37. The first-order valence-electron chi connectivity index (χ1n) is 12.1. The summed E-state index contributed by atoms with van der Waals surface area (Å²) >= 11 is 6.04. The third kappa shape index (κ3) is 4.66. The topological polar surface area (TPSA) is 73.8 Å². The van der Waals surface area contributed by atoms with Gasteiger partial charge in [-0.25, -0.2) is 15.0 Å². The van der Waals surface area contributed by atoms with Gasteiger partial charge in [0, 0.05) is 66.3 Å². The fourth-order valence-electron chi connectivity index (χ4n) is 5.24. The lowest BCUT2D eigenvalue weighted by Gasteiger charge is -2.56. The number of aryl methyl sites for hydroxylation is 2.